The van der Waals surface area contributed by atoms with Crippen molar-refractivity contribution >= 4 is 16.9 Å². The van der Waals surface area contributed by atoms with Crippen molar-refractivity contribution in [1.82, 2.24) is 15.3 Å². The molecule has 1 saturated heterocycles. The van der Waals surface area contributed by atoms with Crippen LogP contribution in [0.1, 0.15) is 26.2 Å². The molecule has 4 heteroatoms. The van der Waals surface area contributed by atoms with E-state index in [4.69, 9.17) is 4.98 Å². The van der Waals surface area contributed by atoms with Crippen molar-refractivity contribution in [2.45, 2.75) is 32.2 Å². The van der Waals surface area contributed by atoms with Crippen LogP contribution in [0, 0.1) is 0 Å². The van der Waals surface area contributed by atoms with Crippen LogP contribution in [0.25, 0.3) is 11.0 Å². The lowest BCUT2D eigenvalue weighted by molar-refractivity contribution is 0.429. The monoisotopic (exact) mass is 270 g/mol. The van der Waals surface area contributed by atoms with Gasteiger partial charge in [0.05, 0.1) is 17.2 Å². The summed E-state index contributed by atoms with van der Waals surface area (Å²) in [5.74, 6) is 1.01. The Kier molecular flexibility index (Phi) is 4.11. The second-order valence-electron chi connectivity index (χ2n) is 5.41. The van der Waals surface area contributed by atoms with E-state index >= 15 is 0 Å². The van der Waals surface area contributed by atoms with Crippen LogP contribution >= 0.6 is 0 Å². The Morgan fingerprint density at radius 2 is 2.15 bits per heavy atom. The van der Waals surface area contributed by atoms with E-state index in [1.54, 1.807) is 0 Å². The number of hydrogen-bond donors (Lipinski definition) is 1. The number of rotatable bonds is 4. The first kappa shape index (κ1) is 13.3. The van der Waals surface area contributed by atoms with Gasteiger partial charge < -0.3 is 10.2 Å². The summed E-state index contributed by atoms with van der Waals surface area (Å²) in [6.45, 7) is 5.45. The van der Waals surface area contributed by atoms with Crippen molar-refractivity contribution in [1.29, 1.82) is 0 Å². The standard InChI is InChI=1S/C16H22N4/c1-2-10-20(13-6-5-9-17-11-13)16-12-18-14-7-3-4-8-15(14)19-16/h3-4,7-8,12-13,17H,2,5-6,9-11H2,1H3. The Morgan fingerprint density at radius 3 is 2.90 bits per heavy atom. The number of nitrogens with zero attached hydrogens (tertiary/aromatic N) is 3. The molecular weight excluding hydrogens is 248 g/mol. The van der Waals surface area contributed by atoms with Crippen LogP contribution in [0.15, 0.2) is 30.5 Å². The number of piperidine rings is 1. The van der Waals surface area contributed by atoms with Gasteiger partial charge in [-0.05, 0) is 37.9 Å². The highest BCUT2D eigenvalue weighted by atomic mass is 15.2. The average molecular weight is 270 g/mol. The largest absolute Gasteiger partial charge is 0.351 e. The number of nitrogens with one attached hydrogen (secondary N) is 1. The normalized spacial score (nSPS) is 19.1. The Hall–Kier alpha value is -1.68. The number of hydrogen-bond acceptors (Lipinski definition) is 4. The summed E-state index contributed by atoms with van der Waals surface area (Å²) in [5, 5.41) is 3.49. The first-order chi connectivity index (χ1) is 9.88. The second kappa shape index (κ2) is 6.18. The van der Waals surface area contributed by atoms with Gasteiger partial charge in [0.2, 0.25) is 0 Å². The van der Waals surface area contributed by atoms with E-state index in [0.29, 0.717) is 6.04 Å². The van der Waals surface area contributed by atoms with Gasteiger partial charge in [-0.1, -0.05) is 19.1 Å². The van der Waals surface area contributed by atoms with Crippen molar-refractivity contribution in [2.24, 2.45) is 0 Å². The first-order valence-electron chi connectivity index (χ1n) is 7.57. The third kappa shape index (κ3) is 2.75. The summed E-state index contributed by atoms with van der Waals surface area (Å²) in [4.78, 5) is 11.8. The van der Waals surface area contributed by atoms with Crippen LogP contribution in [-0.4, -0.2) is 35.6 Å². The fourth-order valence-electron chi connectivity index (χ4n) is 2.91. The highest BCUT2D eigenvalue weighted by molar-refractivity contribution is 5.75. The lowest BCUT2D eigenvalue weighted by Gasteiger charge is -2.35. The number of anilines is 1. The van der Waals surface area contributed by atoms with E-state index in [1.807, 2.05) is 30.5 Å². The first-order valence-corrected chi connectivity index (χ1v) is 7.57. The number of benzene rings is 1. The van der Waals surface area contributed by atoms with Gasteiger partial charge in [-0.2, -0.15) is 0 Å². The Bertz CT molecular complexity index is 563. The van der Waals surface area contributed by atoms with Gasteiger partial charge in [-0.15, -0.1) is 0 Å². The van der Waals surface area contributed by atoms with Crippen LogP contribution in [-0.2, 0) is 0 Å². The predicted molar refractivity (Wildman–Crippen MR) is 83.1 cm³/mol. The van der Waals surface area contributed by atoms with Crippen LogP contribution in [0.2, 0.25) is 0 Å². The van der Waals surface area contributed by atoms with Crippen LogP contribution in [0.4, 0.5) is 5.82 Å². The van der Waals surface area contributed by atoms with Gasteiger partial charge in [0.1, 0.15) is 5.82 Å². The SMILES string of the molecule is CCCN(c1cnc2ccccc2n1)C1CCCNC1. The van der Waals surface area contributed by atoms with Crippen molar-refractivity contribution in [3.8, 4) is 0 Å². The fraction of sp³-hybridized carbons (Fsp3) is 0.500. The van der Waals surface area contributed by atoms with Crippen molar-refractivity contribution in [3.05, 3.63) is 30.5 Å². The molecule has 4 nitrogen and oxygen atoms in total. The molecule has 1 aliphatic heterocycles. The van der Waals surface area contributed by atoms with Gasteiger partial charge in [0, 0.05) is 19.1 Å². The minimum atomic E-state index is 0.541. The minimum Gasteiger partial charge on any atom is -0.351 e. The number of fused-ring (bicyclic) bond motifs is 1. The van der Waals surface area contributed by atoms with Gasteiger partial charge in [-0.3, -0.25) is 4.98 Å². The molecule has 1 N–H and O–H groups in total. The maximum atomic E-state index is 4.81. The van der Waals surface area contributed by atoms with E-state index in [-0.39, 0.29) is 0 Å². The molecule has 3 rings (SSSR count). The summed E-state index contributed by atoms with van der Waals surface area (Å²) in [5.41, 5.74) is 1.95. The third-order valence-electron chi connectivity index (χ3n) is 3.91. The van der Waals surface area contributed by atoms with Crippen molar-refractivity contribution in [3.63, 3.8) is 0 Å². The van der Waals surface area contributed by atoms with Gasteiger partial charge >= 0.3 is 0 Å². The van der Waals surface area contributed by atoms with E-state index in [1.165, 1.54) is 12.8 Å². The smallest absolute Gasteiger partial charge is 0.148 e. The molecule has 1 atom stereocenters. The van der Waals surface area contributed by atoms with Crippen LogP contribution in [0.3, 0.4) is 0 Å². The summed E-state index contributed by atoms with van der Waals surface area (Å²) < 4.78 is 0. The van der Waals surface area contributed by atoms with Crippen LogP contribution < -0.4 is 10.2 Å². The van der Waals surface area contributed by atoms with E-state index in [9.17, 15) is 0 Å². The molecule has 1 fully saturated rings. The van der Waals surface area contributed by atoms with Gasteiger partial charge in [0.25, 0.3) is 0 Å². The Labute approximate surface area is 120 Å². The fourth-order valence-corrected chi connectivity index (χ4v) is 2.91. The lowest BCUT2D eigenvalue weighted by Crippen LogP contribution is -2.46. The molecule has 0 amide bonds. The maximum absolute atomic E-state index is 4.81. The molecule has 1 aromatic heterocycles. The molecule has 0 spiro atoms. The van der Waals surface area contributed by atoms with Gasteiger partial charge in [0.15, 0.2) is 0 Å². The quantitative estimate of drug-likeness (QED) is 0.927. The maximum Gasteiger partial charge on any atom is 0.148 e. The summed E-state index contributed by atoms with van der Waals surface area (Å²) >= 11 is 0. The molecule has 20 heavy (non-hydrogen) atoms. The molecular formula is C16H22N4. The molecule has 0 radical (unpaired) electrons. The molecule has 0 bridgehead atoms. The Balaban J connectivity index is 1.91. The number of aromatic nitrogens is 2. The molecule has 0 aliphatic carbocycles. The summed E-state index contributed by atoms with van der Waals surface area (Å²) in [6.07, 6.45) is 5.53. The zero-order valence-electron chi connectivity index (χ0n) is 12.0. The van der Waals surface area contributed by atoms with E-state index < -0.39 is 0 Å². The summed E-state index contributed by atoms with van der Waals surface area (Å²) in [6, 6.07) is 8.62. The molecule has 2 aromatic rings. The molecule has 2 heterocycles. The third-order valence-corrected chi connectivity index (χ3v) is 3.91. The predicted octanol–water partition coefficient (Wildman–Crippen LogP) is 2.60. The lowest BCUT2D eigenvalue weighted by atomic mass is 10.1. The minimum absolute atomic E-state index is 0.541. The summed E-state index contributed by atoms with van der Waals surface area (Å²) in [7, 11) is 0. The van der Waals surface area contributed by atoms with Crippen LogP contribution in [0.5, 0.6) is 0 Å². The molecule has 106 valence electrons. The molecule has 0 saturated carbocycles. The van der Waals surface area contributed by atoms with Crippen molar-refractivity contribution in [2.75, 3.05) is 24.5 Å². The average Bonchev–Trinajstić information content (AvgIpc) is 2.53. The van der Waals surface area contributed by atoms with Crippen molar-refractivity contribution < 1.29 is 0 Å². The van der Waals surface area contributed by atoms with Gasteiger partial charge in [-0.25, -0.2) is 4.98 Å². The highest BCUT2D eigenvalue weighted by Gasteiger charge is 2.21. The molecule has 1 unspecified atom stereocenters. The Morgan fingerprint density at radius 1 is 1.30 bits per heavy atom. The number of para-hydroxylation sites is 2. The topological polar surface area (TPSA) is 41.1 Å². The highest BCUT2D eigenvalue weighted by Crippen LogP contribution is 2.20. The molecule has 1 aromatic carbocycles. The van der Waals surface area contributed by atoms with E-state index in [2.05, 4.69) is 22.1 Å². The zero-order valence-corrected chi connectivity index (χ0v) is 12.0. The van der Waals surface area contributed by atoms with E-state index in [0.717, 1.165) is 42.9 Å². The zero-order chi connectivity index (χ0) is 13.8. The second-order valence-corrected chi connectivity index (χ2v) is 5.41. The molecule has 1 aliphatic rings.